The molecule has 0 spiro atoms. The smallest absolute Gasteiger partial charge is 0.272 e. The molecule has 1 fully saturated rings. The monoisotopic (exact) mass is 367 g/mol. The molecule has 1 aromatic carbocycles. The second kappa shape index (κ2) is 8.37. The van der Waals surface area contributed by atoms with E-state index in [1.54, 1.807) is 6.07 Å². The van der Waals surface area contributed by atoms with E-state index < -0.39 is 0 Å². The number of hydrogen-bond donors (Lipinski definition) is 1. The van der Waals surface area contributed by atoms with E-state index in [0.717, 1.165) is 25.5 Å². The van der Waals surface area contributed by atoms with Crippen LogP contribution in [-0.4, -0.2) is 53.5 Å². The number of amides is 1. The number of rotatable bonds is 5. The molecular weight excluding hydrogens is 338 g/mol. The number of aryl methyl sites for hydroxylation is 2. The number of anilines is 2. The fraction of sp³-hybridized carbons (Fsp3) is 0.476. The van der Waals surface area contributed by atoms with E-state index in [1.807, 2.05) is 11.8 Å². The van der Waals surface area contributed by atoms with E-state index in [4.69, 9.17) is 0 Å². The van der Waals surface area contributed by atoms with Crippen LogP contribution in [0.2, 0.25) is 0 Å². The molecule has 1 saturated heterocycles. The van der Waals surface area contributed by atoms with Gasteiger partial charge in [0.25, 0.3) is 5.91 Å². The van der Waals surface area contributed by atoms with Gasteiger partial charge in [0, 0.05) is 44.5 Å². The molecule has 0 unspecified atom stereocenters. The zero-order valence-corrected chi connectivity index (χ0v) is 16.7. The Morgan fingerprint density at radius 2 is 1.85 bits per heavy atom. The number of aromatic nitrogens is 2. The van der Waals surface area contributed by atoms with E-state index >= 15 is 0 Å². The summed E-state index contributed by atoms with van der Waals surface area (Å²) in [5.74, 6) is 1.83. The van der Waals surface area contributed by atoms with Crippen molar-refractivity contribution in [2.45, 2.75) is 27.7 Å². The van der Waals surface area contributed by atoms with Crippen LogP contribution >= 0.6 is 0 Å². The van der Waals surface area contributed by atoms with Gasteiger partial charge in [-0.1, -0.05) is 26.0 Å². The Labute approximate surface area is 161 Å². The lowest BCUT2D eigenvalue weighted by Gasteiger charge is -2.36. The molecule has 0 saturated carbocycles. The standard InChI is InChI=1S/C21H29N5O/c1-15(2)14-22-20-13-19(23-17(4)24-20)21(27)26-10-8-25(9-11-26)18-7-5-6-16(3)12-18/h5-7,12-13,15H,8-11,14H2,1-4H3,(H,22,23,24). The Morgan fingerprint density at radius 3 is 2.52 bits per heavy atom. The molecule has 0 aliphatic carbocycles. The Kier molecular flexibility index (Phi) is 5.94. The second-order valence-corrected chi connectivity index (χ2v) is 7.58. The number of nitrogens with one attached hydrogen (secondary N) is 1. The first-order chi connectivity index (χ1) is 12.9. The maximum atomic E-state index is 12.9. The first-order valence-corrected chi connectivity index (χ1v) is 9.63. The molecule has 1 N–H and O–H groups in total. The Bertz CT molecular complexity index is 797. The molecule has 144 valence electrons. The molecular formula is C21H29N5O. The fourth-order valence-electron chi connectivity index (χ4n) is 3.23. The summed E-state index contributed by atoms with van der Waals surface area (Å²) in [7, 11) is 0. The summed E-state index contributed by atoms with van der Waals surface area (Å²) in [6, 6.07) is 10.3. The summed E-state index contributed by atoms with van der Waals surface area (Å²) in [5, 5.41) is 3.29. The third-order valence-electron chi connectivity index (χ3n) is 4.68. The summed E-state index contributed by atoms with van der Waals surface area (Å²) in [4.78, 5) is 25.9. The van der Waals surface area contributed by atoms with Gasteiger partial charge in [0.2, 0.25) is 0 Å². The number of hydrogen-bond acceptors (Lipinski definition) is 5. The van der Waals surface area contributed by atoms with Crippen LogP contribution in [0.4, 0.5) is 11.5 Å². The van der Waals surface area contributed by atoms with Gasteiger partial charge < -0.3 is 15.1 Å². The Morgan fingerprint density at radius 1 is 1.11 bits per heavy atom. The number of nitrogens with zero attached hydrogens (tertiary/aromatic N) is 4. The topological polar surface area (TPSA) is 61.4 Å². The van der Waals surface area contributed by atoms with Crippen LogP contribution in [0.5, 0.6) is 0 Å². The van der Waals surface area contributed by atoms with Crippen LogP contribution < -0.4 is 10.2 Å². The van der Waals surface area contributed by atoms with E-state index in [2.05, 4.69) is 65.2 Å². The predicted molar refractivity (Wildman–Crippen MR) is 109 cm³/mol. The highest BCUT2D eigenvalue weighted by Crippen LogP contribution is 2.19. The summed E-state index contributed by atoms with van der Waals surface area (Å²) in [6.45, 7) is 12.1. The summed E-state index contributed by atoms with van der Waals surface area (Å²) < 4.78 is 0. The molecule has 1 aliphatic rings. The quantitative estimate of drug-likeness (QED) is 0.880. The zero-order valence-electron chi connectivity index (χ0n) is 16.7. The van der Waals surface area contributed by atoms with Crippen molar-refractivity contribution in [1.82, 2.24) is 14.9 Å². The van der Waals surface area contributed by atoms with Crippen molar-refractivity contribution >= 4 is 17.4 Å². The summed E-state index contributed by atoms with van der Waals surface area (Å²) in [6.07, 6.45) is 0. The number of piperazine rings is 1. The average molecular weight is 367 g/mol. The molecule has 27 heavy (non-hydrogen) atoms. The lowest BCUT2D eigenvalue weighted by atomic mass is 10.2. The second-order valence-electron chi connectivity index (χ2n) is 7.58. The van der Waals surface area contributed by atoms with Gasteiger partial charge >= 0.3 is 0 Å². The van der Waals surface area contributed by atoms with Crippen LogP contribution in [0, 0.1) is 19.8 Å². The van der Waals surface area contributed by atoms with E-state index in [9.17, 15) is 4.79 Å². The van der Waals surface area contributed by atoms with Crippen molar-refractivity contribution < 1.29 is 4.79 Å². The molecule has 1 amide bonds. The van der Waals surface area contributed by atoms with Gasteiger partial charge in [-0.25, -0.2) is 9.97 Å². The number of benzene rings is 1. The Hall–Kier alpha value is -2.63. The predicted octanol–water partition coefficient (Wildman–Crippen LogP) is 3.12. The first-order valence-electron chi connectivity index (χ1n) is 9.63. The van der Waals surface area contributed by atoms with Crippen molar-refractivity contribution in [3.8, 4) is 0 Å². The molecule has 0 atom stereocenters. The van der Waals surface area contributed by atoms with Gasteiger partial charge in [0.1, 0.15) is 17.3 Å². The third-order valence-corrected chi connectivity index (χ3v) is 4.68. The summed E-state index contributed by atoms with van der Waals surface area (Å²) in [5.41, 5.74) is 2.95. The maximum Gasteiger partial charge on any atom is 0.272 e. The largest absolute Gasteiger partial charge is 0.370 e. The maximum absolute atomic E-state index is 12.9. The molecule has 0 bridgehead atoms. The molecule has 2 heterocycles. The van der Waals surface area contributed by atoms with E-state index in [0.29, 0.717) is 30.5 Å². The number of carbonyl (C=O) groups is 1. The fourth-order valence-corrected chi connectivity index (χ4v) is 3.23. The van der Waals surface area contributed by atoms with Gasteiger partial charge in [-0.2, -0.15) is 0 Å². The first kappa shape index (κ1) is 19.1. The van der Waals surface area contributed by atoms with Crippen LogP contribution in [0.15, 0.2) is 30.3 Å². The van der Waals surface area contributed by atoms with Crippen molar-refractivity contribution in [2.24, 2.45) is 5.92 Å². The minimum Gasteiger partial charge on any atom is -0.370 e. The highest BCUT2D eigenvalue weighted by molar-refractivity contribution is 5.93. The van der Waals surface area contributed by atoms with E-state index in [1.165, 1.54) is 11.3 Å². The average Bonchev–Trinajstić information content (AvgIpc) is 2.65. The molecule has 6 heteroatoms. The van der Waals surface area contributed by atoms with Crippen molar-refractivity contribution in [3.63, 3.8) is 0 Å². The van der Waals surface area contributed by atoms with Crippen molar-refractivity contribution in [3.05, 3.63) is 47.4 Å². The lowest BCUT2D eigenvalue weighted by Crippen LogP contribution is -2.49. The minimum atomic E-state index is -0.0167. The van der Waals surface area contributed by atoms with Gasteiger partial charge in [-0.3, -0.25) is 4.79 Å². The summed E-state index contributed by atoms with van der Waals surface area (Å²) >= 11 is 0. The Balaban J connectivity index is 1.65. The number of carbonyl (C=O) groups excluding carboxylic acids is 1. The van der Waals surface area contributed by atoms with Crippen molar-refractivity contribution in [2.75, 3.05) is 42.9 Å². The lowest BCUT2D eigenvalue weighted by molar-refractivity contribution is 0.0740. The zero-order chi connectivity index (χ0) is 19.4. The minimum absolute atomic E-state index is 0.0167. The van der Waals surface area contributed by atoms with Gasteiger partial charge in [0.15, 0.2) is 0 Å². The van der Waals surface area contributed by atoms with E-state index in [-0.39, 0.29) is 5.91 Å². The van der Waals surface area contributed by atoms with Crippen LogP contribution in [0.1, 0.15) is 35.7 Å². The highest BCUT2D eigenvalue weighted by atomic mass is 16.2. The van der Waals surface area contributed by atoms with Gasteiger partial charge in [0.05, 0.1) is 0 Å². The molecule has 3 rings (SSSR count). The molecule has 1 aromatic heterocycles. The van der Waals surface area contributed by atoms with Crippen LogP contribution in [0.3, 0.4) is 0 Å². The normalized spacial score (nSPS) is 14.6. The van der Waals surface area contributed by atoms with Gasteiger partial charge in [-0.05, 0) is 37.5 Å². The molecule has 1 aliphatic heterocycles. The molecule has 2 aromatic rings. The van der Waals surface area contributed by atoms with Crippen LogP contribution in [0.25, 0.3) is 0 Å². The third kappa shape index (κ3) is 4.96. The van der Waals surface area contributed by atoms with Crippen LogP contribution in [-0.2, 0) is 0 Å². The molecule has 0 radical (unpaired) electrons. The highest BCUT2D eigenvalue weighted by Gasteiger charge is 2.24. The van der Waals surface area contributed by atoms with Gasteiger partial charge in [-0.15, -0.1) is 0 Å². The molecule has 6 nitrogen and oxygen atoms in total. The van der Waals surface area contributed by atoms with Crippen molar-refractivity contribution in [1.29, 1.82) is 0 Å². The SMILES string of the molecule is Cc1cccc(N2CCN(C(=O)c3cc(NCC(C)C)nc(C)n3)CC2)c1.